The number of rotatable bonds is 8. The number of nitrogens with one attached hydrogen (secondary N) is 3. The molecule has 0 aliphatic heterocycles. The Morgan fingerprint density at radius 2 is 1.96 bits per heavy atom. The van der Waals surface area contributed by atoms with Crippen LogP contribution in [0.5, 0.6) is 0 Å². The molecule has 0 fully saturated rings. The van der Waals surface area contributed by atoms with E-state index in [1.54, 1.807) is 0 Å². The molecule has 0 saturated carbocycles. The normalized spacial score (nSPS) is 10.7. The average Bonchev–Trinajstić information content (AvgIpc) is 2.56. The first-order chi connectivity index (χ1) is 11.2. The number of amides is 1. The monoisotopic (exact) mass is 314 g/mol. The largest absolute Gasteiger partial charge is 0.356 e. The Labute approximate surface area is 139 Å². The molecule has 23 heavy (non-hydrogen) atoms. The SMILES string of the molecule is C#CCNC(=O)CNC(=NCc1ccc(C)cc1)NCCCC. The molecule has 0 heterocycles. The summed E-state index contributed by atoms with van der Waals surface area (Å²) in [6.07, 6.45) is 7.26. The van der Waals surface area contributed by atoms with Crippen LogP contribution in [-0.2, 0) is 11.3 Å². The van der Waals surface area contributed by atoms with Crippen molar-refractivity contribution in [3.8, 4) is 12.3 Å². The van der Waals surface area contributed by atoms with E-state index >= 15 is 0 Å². The van der Waals surface area contributed by atoms with Crippen LogP contribution in [0.4, 0.5) is 0 Å². The lowest BCUT2D eigenvalue weighted by molar-refractivity contribution is -0.119. The van der Waals surface area contributed by atoms with Gasteiger partial charge in [0.05, 0.1) is 19.6 Å². The van der Waals surface area contributed by atoms with Crippen molar-refractivity contribution in [2.45, 2.75) is 33.2 Å². The van der Waals surface area contributed by atoms with E-state index < -0.39 is 0 Å². The van der Waals surface area contributed by atoms with E-state index in [-0.39, 0.29) is 19.0 Å². The molecular weight excluding hydrogens is 288 g/mol. The smallest absolute Gasteiger partial charge is 0.240 e. The lowest BCUT2D eigenvalue weighted by Crippen LogP contribution is -2.43. The second kappa shape index (κ2) is 11.1. The molecule has 124 valence electrons. The molecule has 0 unspecified atom stereocenters. The molecule has 3 N–H and O–H groups in total. The minimum atomic E-state index is -0.150. The molecule has 0 bridgehead atoms. The van der Waals surface area contributed by atoms with Gasteiger partial charge in [0.25, 0.3) is 0 Å². The van der Waals surface area contributed by atoms with Crippen molar-refractivity contribution in [3.05, 3.63) is 35.4 Å². The van der Waals surface area contributed by atoms with Crippen LogP contribution in [0.25, 0.3) is 0 Å². The van der Waals surface area contributed by atoms with Gasteiger partial charge in [-0.05, 0) is 18.9 Å². The third-order valence-electron chi connectivity index (χ3n) is 3.17. The van der Waals surface area contributed by atoms with Crippen molar-refractivity contribution >= 4 is 11.9 Å². The maximum absolute atomic E-state index is 11.6. The fraction of sp³-hybridized carbons (Fsp3) is 0.444. The lowest BCUT2D eigenvalue weighted by atomic mass is 10.1. The number of guanidine groups is 1. The van der Waals surface area contributed by atoms with E-state index in [2.05, 4.69) is 65.0 Å². The molecule has 5 nitrogen and oxygen atoms in total. The van der Waals surface area contributed by atoms with Crippen molar-refractivity contribution in [1.82, 2.24) is 16.0 Å². The molecule has 0 aliphatic carbocycles. The number of terminal acetylenes is 1. The molecule has 0 aromatic heterocycles. The minimum Gasteiger partial charge on any atom is -0.356 e. The zero-order valence-electron chi connectivity index (χ0n) is 14.0. The summed E-state index contributed by atoms with van der Waals surface area (Å²) < 4.78 is 0. The number of hydrogen-bond donors (Lipinski definition) is 3. The highest BCUT2D eigenvalue weighted by atomic mass is 16.1. The van der Waals surface area contributed by atoms with Crippen molar-refractivity contribution in [3.63, 3.8) is 0 Å². The maximum Gasteiger partial charge on any atom is 0.240 e. The van der Waals surface area contributed by atoms with E-state index in [4.69, 9.17) is 6.42 Å². The number of aryl methyl sites for hydroxylation is 1. The Balaban J connectivity index is 2.56. The van der Waals surface area contributed by atoms with Crippen molar-refractivity contribution < 1.29 is 4.79 Å². The number of benzene rings is 1. The fourth-order valence-corrected chi connectivity index (χ4v) is 1.80. The zero-order valence-corrected chi connectivity index (χ0v) is 14.0. The molecular formula is C18H26N4O. The number of carbonyl (C=O) groups is 1. The first kappa shape index (κ1) is 18.6. The number of hydrogen-bond acceptors (Lipinski definition) is 2. The predicted molar refractivity (Wildman–Crippen MR) is 95.1 cm³/mol. The topological polar surface area (TPSA) is 65.5 Å². The van der Waals surface area contributed by atoms with Crippen LogP contribution in [0, 0.1) is 19.3 Å². The van der Waals surface area contributed by atoms with Gasteiger partial charge >= 0.3 is 0 Å². The molecule has 1 rings (SSSR count). The first-order valence-electron chi connectivity index (χ1n) is 7.93. The Morgan fingerprint density at radius 1 is 1.22 bits per heavy atom. The molecule has 0 radical (unpaired) electrons. The van der Waals surface area contributed by atoms with Crippen LogP contribution >= 0.6 is 0 Å². The lowest BCUT2D eigenvalue weighted by Gasteiger charge is -2.12. The van der Waals surface area contributed by atoms with Crippen LogP contribution in [0.3, 0.4) is 0 Å². The summed E-state index contributed by atoms with van der Waals surface area (Å²) >= 11 is 0. The first-order valence-corrected chi connectivity index (χ1v) is 7.93. The van der Waals surface area contributed by atoms with Crippen molar-refractivity contribution in [2.75, 3.05) is 19.6 Å². The molecule has 1 aromatic rings. The standard InChI is InChI=1S/C18H26N4O/c1-4-6-12-20-18(22-14-17(23)19-11-5-2)21-13-16-9-7-15(3)8-10-16/h2,7-10H,4,6,11-14H2,1,3H3,(H,19,23)(H2,20,21,22). The van der Waals surface area contributed by atoms with Crippen molar-refractivity contribution in [1.29, 1.82) is 0 Å². The maximum atomic E-state index is 11.6. The summed E-state index contributed by atoms with van der Waals surface area (Å²) in [5, 5.41) is 8.87. The van der Waals surface area contributed by atoms with Gasteiger partial charge in [0.15, 0.2) is 5.96 Å². The summed E-state index contributed by atoms with van der Waals surface area (Å²) in [6.45, 7) is 5.95. The van der Waals surface area contributed by atoms with Gasteiger partial charge in [-0.25, -0.2) is 4.99 Å². The number of carbonyl (C=O) groups excluding carboxylic acids is 1. The predicted octanol–water partition coefficient (Wildman–Crippen LogP) is 1.58. The molecule has 0 atom stereocenters. The molecule has 0 aliphatic rings. The zero-order chi connectivity index (χ0) is 16.9. The van der Waals surface area contributed by atoms with Gasteiger partial charge < -0.3 is 16.0 Å². The van der Waals surface area contributed by atoms with Gasteiger partial charge in [0.2, 0.25) is 5.91 Å². The van der Waals surface area contributed by atoms with E-state index in [0.29, 0.717) is 12.5 Å². The van der Waals surface area contributed by atoms with Gasteiger partial charge in [0, 0.05) is 6.54 Å². The Morgan fingerprint density at radius 3 is 2.61 bits per heavy atom. The fourth-order valence-electron chi connectivity index (χ4n) is 1.80. The third kappa shape index (κ3) is 8.52. The summed E-state index contributed by atoms with van der Waals surface area (Å²) in [7, 11) is 0. The molecule has 5 heteroatoms. The van der Waals surface area contributed by atoms with Crippen LogP contribution in [0.15, 0.2) is 29.3 Å². The van der Waals surface area contributed by atoms with E-state index in [0.717, 1.165) is 24.9 Å². The Kier molecular flexibility index (Phi) is 8.99. The second-order valence-corrected chi connectivity index (χ2v) is 5.27. The highest BCUT2D eigenvalue weighted by molar-refractivity contribution is 5.86. The van der Waals surface area contributed by atoms with Gasteiger partial charge in [-0.3, -0.25) is 4.79 Å². The second-order valence-electron chi connectivity index (χ2n) is 5.27. The summed E-state index contributed by atoms with van der Waals surface area (Å²) in [6, 6.07) is 8.25. The van der Waals surface area contributed by atoms with Gasteiger partial charge in [0.1, 0.15) is 0 Å². The van der Waals surface area contributed by atoms with E-state index in [1.807, 2.05) is 0 Å². The number of aliphatic imine (C=N–C) groups is 1. The van der Waals surface area contributed by atoms with Crippen LogP contribution in [-0.4, -0.2) is 31.5 Å². The quantitative estimate of drug-likeness (QED) is 0.295. The molecule has 1 aromatic carbocycles. The van der Waals surface area contributed by atoms with Crippen LogP contribution < -0.4 is 16.0 Å². The third-order valence-corrected chi connectivity index (χ3v) is 3.17. The number of nitrogens with zero attached hydrogens (tertiary/aromatic N) is 1. The van der Waals surface area contributed by atoms with E-state index in [1.165, 1.54) is 5.56 Å². The van der Waals surface area contributed by atoms with E-state index in [9.17, 15) is 4.79 Å². The molecule has 0 saturated heterocycles. The summed E-state index contributed by atoms with van der Waals surface area (Å²) in [5.41, 5.74) is 2.35. The highest BCUT2D eigenvalue weighted by Gasteiger charge is 2.03. The van der Waals surface area contributed by atoms with Gasteiger partial charge in [-0.2, -0.15) is 0 Å². The summed E-state index contributed by atoms with van der Waals surface area (Å²) in [4.78, 5) is 16.1. The number of unbranched alkanes of at least 4 members (excludes halogenated alkanes) is 1. The van der Waals surface area contributed by atoms with Crippen LogP contribution in [0.1, 0.15) is 30.9 Å². The Hall–Kier alpha value is -2.48. The van der Waals surface area contributed by atoms with Gasteiger partial charge in [-0.15, -0.1) is 6.42 Å². The summed E-state index contributed by atoms with van der Waals surface area (Å²) in [5.74, 6) is 2.86. The minimum absolute atomic E-state index is 0.146. The van der Waals surface area contributed by atoms with Crippen LogP contribution in [0.2, 0.25) is 0 Å². The molecule has 1 amide bonds. The average molecular weight is 314 g/mol. The van der Waals surface area contributed by atoms with Crippen molar-refractivity contribution in [2.24, 2.45) is 4.99 Å². The molecule has 0 spiro atoms. The Bertz CT molecular complexity index is 543. The highest BCUT2D eigenvalue weighted by Crippen LogP contribution is 2.04. The van der Waals surface area contributed by atoms with Gasteiger partial charge in [-0.1, -0.05) is 49.1 Å².